The van der Waals surface area contributed by atoms with Crippen molar-refractivity contribution in [1.29, 1.82) is 0 Å². The predicted octanol–water partition coefficient (Wildman–Crippen LogP) is 8.35. The molecule has 0 amide bonds. The Kier molecular flexibility index (Phi) is 178. The minimum atomic E-state index is 0.935. The molecule has 0 unspecified atom stereocenters. The van der Waals surface area contributed by atoms with Crippen LogP contribution in [0, 0.1) is 5.92 Å². The highest BCUT2D eigenvalue weighted by atomic mass is 13.9. The second kappa shape index (κ2) is 88.8. The Morgan fingerprint density at radius 1 is 0.500 bits per heavy atom. The van der Waals surface area contributed by atoms with Gasteiger partial charge in [0.1, 0.15) is 0 Å². The fraction of sp³-hybridized carbons (Fsp3) is 1.00. The van der Waals surface area contributed by atoms with Crippen LogP contribution in [-0.4, -0.2) is 0 Å². The lowest BCUT2D eigenvalue weighted by molar-refractivity contribution is 0.544. The highest BCUT2D eigenvalue weighted by Crippen LogP contribution is 2.02. The van der Waals surface area contributed by atoms with Crippen molar-refractivity contribution >= 4 is 0 Å². The first kappa shape index (κ1) is 36.1. The van der Waals surface area contributed by atoms with Crippen LogP contribution in [0.4, 0.5) is 0 Å². The predicted molar refractivity (Wildman–Crippen MR) is 95.7 cm³/mol. The molecule has 0 heteroatoms. The summed E-state index contributed by atoms with van der Waals surface area (Å²) in [6.07, 6.45) is 5.16. The van der Waals surface area contributed by atoms with E-state index >= 15 is 0 Å². The molecule has 0 aliphatic rings. The third-order valence-corrected chi connectivity index (χ3v) is 1.39. The SMILES string of the molecule is CC.CC.CC.CCC.CCC.CCC(C)CC. The zero-order valence-corrected chi connectivity index (χ0v) is 16.4. The van der Waals surface area contributed by atoms with E-state index in [1.165, 1.54) is 25.7 Å². The molecule has 0 nitrogen and oxygen atoms in total. The number of hydrogen-bond donors (Lipinski definition) is 0. The maximum Gasteiger partial charge on any atom is -0.0448 e. The molecule has 0 bridgehead atoms. The first-order valence-corrected chi connectivity index (χ1v) is 8.64. The third kappa shape index (κ3) is 225. The van der Waals surface area contributed by atoms with Crippen molar-refractivity contribution in [3.63, 3.8) is 0 Å². The summed E-state index contributed by atoms with van der Waals surface area (Å²) in [7, 11) is 0. The van der Waals surface area contributed by atoms with Crippen LogP contribution in [0.25, 0.3) is 0 Å². The molecule has 0 fully saturated rings. The fourth-order valence-corrected chi connectivity index (χ4v) is 0.289. The lowest BCUT2D eigenvalue weighted by Gasteiger charge is -1.98. The van der Waals surface area contributed by atoms with Crippen molar-refractivity contribution in [2.24, 2.45) is 5.92 Å². The minimum absolute atomic E-state index is 0.935. The Labute approximate surface area is 122 Å². The Hall–Kier alpha value is 0. The molecule has 0 aliphatic carbocycles. The van der Waals surface area contributed by atoms with Gasteiger partial charge in [-0.15, -0.1) is 0 Å². The van der Waals surface area contributed by atoms with Gasteiger partial charge in [-0.25, -0.2) is 0 Å². The van der Waals surface area contributed by atoms with Crippen LogP contribution in [0.3, 0.4) is 0 Å². The molecule has 0 aromatic rings. The zero-order chi connectivity index (χ0) is 16.4. The van der Waals surface area contributed by atoms with E-state index in [0.717, 1.165) is 5.92 Å². The average Bonchev–Trinajstić information content (AvgIpc) is 2.46. The molecule has 18 heavy (non-hydrogen) atoms. The van der Waals surface area contributed by atoms with E-state index in [4.69, 9.17) is 0 Å². The average molecular weight is 265 g/mol. The van der Waals surface area contributed by atoms with E-state index in [1.54, 1.807) is 0 Å². The van der Waals surface area contributed by atoms with Crippen molar-refractivity contribution < 1.29 is 0 Å². The topological polar surface area (TPSA) is 0 Å². The molecule has 0 radical (unpaired) electrons. The van der Waals surface area contributed by atoms with Gasteiger partial charge in [-0.1, -0.05) is 116 Å². The summed E-state index contributed by atoms with van der Waals surface area (Å²) in [6.45, 7) is 27.2. The van der Waals surface area contributed by atoms with Crippen LogP contribution in [-0.2, 0) is 0 Å². The van der Waals surface area contributed by atoms with Gasteiger partial charge in [-0.05, 0) is 5.92 Å². The highest BCUT2D eigenvalue weighted by Gasteiger charge is 1.88. The summed E-state index contributed by atoms with van der Waals surface area (Å²) in [4.78, 5) is 0. The molecular formula is C18H48. The monoisotopic (exact) mass is 264 g/mol. The van der Waals surface area contributed by atoms with E-state index in [-0.39, 0.29) is 0 Å². The number of rotatable bonds is 2. The normalized spacial score (nSPS) is 6.33. The Balaban J connectivity index is -0.0000000261. The second-order valence-corrected chi connectivity index (χ2v) is 3.34. The maximum absolute atomic E-state index is 2.28. The highest BCUT2D eigenvalue weighted by molar-refractivity contribution is 4.41. The van der Waals surface area contributed by atoms with Gasteiger partial charge in [0.2, 0.25) is 0 Å². The Morgan fingerprint density at radius 3 is 0.611 bits per heavy atom. The first-order valence-electron chi connectivity index (χ1n) is 8.64. The summed E-state index contributed by atoms with van der Waals surface area (Å²) in [6, 6.07) is 0. The molecular weight excluding hydrogens is 216 g/mol. The summed E-state index contributed by atoms with van der Waals surface area (Å²) >= 11 is 0. The summed E-state index contributed by atoms with van der Waals surface area (Å²) in [5, 5.41) is 0. The fourth-order valence-electron chi connectivity index (χ4n) is 0.289. The van der Waals surface area contributed by atoms with Gasteiger partial charge in [0.05, 0.1) is 0 Å². The van der Waals surface area contributed by atoms with Crippen LogP contribution in [0.15, 0.2) is 0 Å². The first-order chi connectivity index (χ1) is 8.64. The minimum Gasteiger partial charge on any atom is -0.0683 e. The van der Waals surface area contributed by atoms with Crippen LogP contribution in [0.5, 0.6) is 0 Å². The van der Waals surface area contributed by atoms with Crippen LogP contribution in [0.1, 0.15) is 116 Å². The van der Waals surface area contributed by atoms with Crippen molar-refractivity contribution in [1.82, 2.24) is 0 Å². The van der Waals surface area contributed by atoms with Crippen molar-refractivity contribution in [3.8, 4) is 0 Å². The molecule has 0 heterocycles. The standard InChI is InChI=1S/C6H14.2C3H8.3C2H6/c1-4-6(3)5-2;2*1-3-2;3*1-2/h6H,4-5H2,1-3H3;2*3H2,1-2H3;3*1-2H3. The smallest absolute Gasteiger partial charge is 0.0448 e. The molecule has 0 aliphatic heterocycles. The maximum atomic E-state index is 2.28. The Bertz CT molecular complexity index is 33.3. The quantitative estimate of drug-likeness (QED) is 0.470. The molecule has 0 aromatic carbocycles. The van der Waals surface area contributed by atoms with E-state index in [9.17, 15) is 0 Å². The molecule has 0 rings (SSSR count). The van der Waals surface area contributed by atoms with Gasteiger partial charge in [-0.2, -0.15) is 0 Å². The van der Waals surface area contributed by atoms with Crippen LogP contribution >= 0.6 is 0 Å². The van der Waals surface area contributed by atoms with Gasteiger partial charge in [0, 0.05) is 0 Å². The van der Waals surface area contributed by atoms with Crippen molar-refractivity contribution in [2.45, 2.75) is 116 Å². The molecule has 120 valence electrons. The van der Waals surface area contributed by atoms with Crippen LogP contribution < -0.4 is 0 Å². The van der Waals surface area contributed by atoms with E-state index in [2.05, 4.69) is 48.5 Å². The molecule has 0 N–H and O–H groups in total. The third-order valence-electron chi connectivity index (χ3n) is 1.39. The molecule has 0 spiro atoms. The second-order valence-electron chi connectivity index (χ2n) is 3.34. The van der Waals surface area contributed by atoms with E-state index in [0.29, 0.717) is 0 Å². The summed E-state index contributed by atoms with van der Waals surface area (Å²) in [5.74, 6) is 0.935. The summed E-state index contributed by atoms with van der Waals surface area (Å²) in [5.41, 5.74) is 0. The molecule has 0 atom stereocenters. The zero-order valence-electron chi connectivity index (χ0n) is 16.4. The van der Waals surface area contributed by atoms with Gasteiger partial charge in [0.15, 0.2) is 0 Å². The van der Waals surface area contributed by atoms with Crippen molar-refractivity contribution in [2.75, 3.05) is 0 Å². The molecule has 0 saturated heterocycles. The Morgan fingerprint density at radius 2 is 0.611 bits per heavy atom. The van der Waals surface area contributed by atoms with E-state index in [1.807, 2.05) is 41.5 Å². The van der Waals surface area contributed by atoms with E-state index < -0.39 is 0 Å². The van der Waals surface area contributed by atoms with Crippen LogP contribution in [0.2, 0.25) is 0 Å². The largest absolute Gasteiger partial charge is 0.0683 e. The lowest BCUT2D eigenvalue weighted by Crippen LogP contribution is -1.85. The molecule has 0 saturated carbocycles. The van der Waals surface area contributed by atoms with Gasteiger partial charge in [0.25, 0.3) is 0 Å². The number of hydrogen-bond acceptors (Lipinski definition) is 0. The lowest BCUT2D eigenvalue weighted by atomic mass is 10.1. The van der Waals surface area contributed by atoms with Crippen molar-refractivity contribution in [3.05, 3.63) is 0 Å². The van der Waals surface area contributed by atoms with Gasteiger partial charge < -0.3 is 0 Å². The molecule has 0 aromatic heterocycles. The summed E-state index contributed by atoms with van der Waals surface area (Å²) < 4.78 is 0. The van der Waals surface area contributed by atoms with Gasteiger partial charge >= 0.3 is 0 Å². The van der Waals surface area contributed by atoms with Gasteiger partial charge in [-0.3, -0.25) is 0 Å².